The maximum atomic E-state index is 13.4. The van der Waals surface area contributed by atoms with Gasteiger partial charge in [-0.25, -0.2) is 4.39 Å². The Balaban J connectivity index is 2.24. The fraction of sp³-hybridized carbons (Fsp3) is 0.0769. The number of aryl methyl sites for hydroxylation is 1. The summed E-state index contributed by atoms with van der Waals surface area (Å²) in [6.45, 7) is 1.81. The van der Waals surface area contributed by atoms with Crippen LogP contribution in [0.2, 0.25) is 5.02 Å². The van der Waals surface area contributed by atoms with Gasteiger partial charge < -0.3 is 5.32 Å². The molecule has 5 heteroatoms. The largest absolute Gasteiger partial charge is 0.322 e. The molecule has 0 saturated carbocycles. The van der Waals surface area contributed by atoms with Crippen LogP contribution in [0.4, 0.5) is 10.1 Å². The molecule has 1 aromatic heterocycles. The number of hydrogen-bond acceptors (Lipinski definition) is 2. The molecule has 2 aromatic rings. The van der Waals surface area contributed by atoms with Crippen LogP contribution in [0.25, 0.3) is 0 Å². The lowest BCUT2D eigenvalue weighted by Crippen LogP contribution is -2.14. The van der Waals surface area contributed by atoms with Crippen molar-refractivity contribution in [2.45, 2.75) is 6.92 Å². The molecule has 0 bridgehead atoms. The molecule has 0 aliphatic heterocycles. The number of benzene rings is 1. The van der Waals surface area contributed by atoms with Crippen LogP contribution in [0, 0.1) is 12.7 Å². The van der Waals surface area contributed by atoms with Crippen molar-refractivity contribution in [3.05, 3.63) is 58.6 Å². The van der Waals surface area contributed by atoms with E-state index in [1.54, 1.807) is 18.2 Å². The first-order chi connectivity index (χ1) is 8.58. The van der Waals surface area contributed by atoms with Gasteiger partial charge in [-0.05, 0) is 36.8 Å². The highest BCUT2D eigenvalue weighted by Crippen LogP contribution is 2.20. The second-order valence-electron chi connectivity index (χ2n) is 3.77. The maximum Gasteiger partial charge on any atom is 0.258 e. The molecular formula is C13H10ClFN2O. The smallest absolute Gasteiger partial charge is 0.258 e. The van der Waals surface area contributed by atoms with Crippen molar-refractivity contribution in [1.82, 2.24) is 4.98 Å². The van der Waals surface area contributed by atoms with Gasteiger partial charge in [0.05, 0.1) is 11.8 Å². The highest BCUT2D eigenvalue weighted by Gasteiger charge is 2.12. The van der Waals surface area contributed by atoms with E-state index in [-0.39, 0.29) is 5.56 Å². The second kappa shape index (κ2) is 5.14. The third-order valence-corrected chi connectivity index (χ3v) is 2.69. The summed E-state index contributed by atoms with van der Waals surface area (Å²) >= 11 is 5.81. The van der Waals surface area contributed by atoms with Crippen LogP contribution in [0.3, 0.4) is 0 Å². The summed E-state index contributed by atoms with van der Waals surface area (Å²) in [5.74, 6) is -1.16. The van der Waals surface area contributed by atoms with Gasteiger partial charge in [0.25, 0.3) is 5.91 Å². The molecule has 92 valence electrons. The lowest BCUT2D eigenvalue weighted by atomic mass is 10.2. The molecule has 0 fully saturated rings. The third kappa shape index (κ3) is 2.65. The lowest BCUT2D eigenvalue weighted by Gasteiger charge is -2.08. The average molecular weight is 265 g/mol. The molecule has 0 aliphatic rings. The number of carbonyl (C=O) groups is 1. The van der Waals surface area contributed by atoms with Crippen LogP contribution in [-0.2, 0) is 0 Å². The summed E-state index contributed by atoms with van der Waals surface area (Å²) in [6, 6.07) is 6.39. The van der Waals surface area contributed by atoms with Crippen LogP contribution in [0.5, 0.6) is 0 Å². The Bertz CT molecular complexity index is 601. The molecule has 3 nitrogen and oxygen atoms in total. The normalized spacial score (nSPS) is 10.2. The zero-order valence-corrected chi connectivity index (χ0v) is 10.3. The van der Waals surface area contributed by atoms with Crippen molar-refractivity contribution in [3.63, 3.8) is 0 Å². The number of halogens is 2. The summed E-state index contributed by atoms with van der Waals surface area (Å²) in [4.78, 5) is 15.5. The van der Waals surface area contributed by atoms with Gasteiger partial charge in [-0.3, -0.25) is 9.78 Å². The van der Waals surface area contributed by atoms with Gasteiger partial charge in [0, 0.05) is 16.9 Å². The Morgan fingerprint density at radius 3 is 2.83 bits per heavy atom. The van der Waals surface area contributed by atoms with Gasteiger partial charge in [0.2, 0.25) is 0 Å². The Kier molecular flexibility index (Phi) is 3.58. The van der Waals surface area contributed by atoms with Crippen molar-refractivity contribution in [2.24, 2.45) is 0 Å². The summed E-state index contributed by atoms with van der Waals surface area (Å²) in [5, 5.41) is 3.21. The number of pyridine rings is 1. The maximum absolute atomic E-state index is 13.4. The zero-order chi connectivity index (χ0) is 13.1. The van der Waals surface area contributed by atoms with E-state index >= 15 is 0 Å². The standard InChI is InChI=1S/C13H10ClFN2O/c1-8-6-9(14)2-3-12(8)17-13(18)10-4-5-16-7-11(10)15/h2-7H,1H3,(H,17,18). The summed E-state index contributed by atoms with van der Waals surface area (Å²) in [5.41, 5.74) is 1.37. The second-order valence-corrected chi connectivity index (χ2v) is 4.21. The van der Waals surface area contributed by atoms with E-state index in [2.05, 4.69) is 10.3 Å². The molecule has 2 rings (SSSR count). The van der Waals surface area contributed by atoms with E-state index in [9.17, 15) is 9.18 Å². The number of nitrogens with one attached hydrogen (secondary N) is 1. The minimum atomic E-state index is -0.651. The van der Waals surface area contributed by atoms with Crippen molar-refractivity contribution in [2.75, 3.05) is 5.32 Å². The number of carbonyl (C=O) groups excluding carboxylic acids is 1. The summed E-state index contributed by atoms with van der Waals surface area (Å²) < 4.78 is 13.4. The molecule has 1 aromatic carbocycles. The predicted octanol–water partition coefficient (Wildman–Crippen LogP) is 3.43. The first kappa shape index (κ1) is 12.5. The van der Waals surface area contributed by atoms with Crippen molar-refractivity contribution in [1.29, 1.82) is 0 Å². The molecule has 1 N–H and O–H groups in total. The van der Waals surface area contributed by atoms with E-state index in [1.165, 1.54) is 12.3 Å². The Labute approximate surface area is 109 Å². The molecule has 0 unspecified atom stereocenters. The van der Waals surface area contributed by atoms with Gasteiger partial charge in [-0.15, -0.1) is 0 Å². The fourth-order valence-electron chi connectivity index (χ4n) is 1.52. The fourth-order valence-corrected chi connectivity index (χ4v) is 1.74. The molecule has 1 heterocycles. The molecule has 0 saturated heterocycles. The number of rotatable bonds is 2. The quantitative estimate of drug-likeness (QED) is 0.903. The Morgan fingerprint density at radius 1 is 1.39 bits per heavy atom. The van der Waals surface area contributed by atoms with Gasteiger partial charge in [-0.1, -0.05) is 11.6 Å². The molecular weight excluding hydrogens is 255 g/mol. The topological polar surface area (TPSA) is 42.0 Å². The highest BCUT2D eigenvalue weighted by atomic mass is 35.5. The molecule has 0 spiro atoms. The van der Waals surface area contributed by atoms with Gasteiger partial charge >= 0.3 is 0 Å². The molecule has 18 heavy (non-hydrogen) atoms. The monoisotopic (exact) mass is 264 g/mol. The first-order valence-electron chi connectivity index (χ1n) is 5.25. The lowest BCUT2D eigenvalue weighted by molar-refractivity contribution is 0.102. The Morgan fingerprint density at radius 2 is 2.17 bits per heavy atom. The van der Waals surface area contributed by atoms with Crippen molar-refractivity contribution < 1.29 is 9.18 Å². The molecule has 0 aliphatic carbocycles. The van der Waals surface area contributed by atoms with E-state index in [0.29, 0.717) is 10.7 Å². The zero-order valence-electron chi connectivity index (χ0n) is 9.58. The van der Waals surface area contributed by atoms with E-state index in [4.69, 9.17) is 11.6 Å². The van der Waals surface area contributed by atoms with E-state index < -0.39 is 11.7 Å². The summed E-state index contributed by atoms with van der Waals surface area (Å²) in [7, 11) is 0. The van der Waals surface area contributed by atoms with Crippen LogP contribution >= 0.6 is 11.6 Å². The first-order valence-corrected chi connectivity index (χ1v) is 5.63. The van der Waals surface area contributed by atoms with E-state index in [1.807, 2.05) is 6.92 Å². The predicted molar refractivity (Wildman–Crippen MR) is 68.3 cm³/mol. The number of amides is 1. The van der Waals surface area contributed by atoms with E-state index in [0.717, 1.165) is 11.8 Å². The molecule has 0 radical (unpaired) electrons. The van der Waals surface area contributed by atoms with Crippen molar-refractivity contribution in [3.8, 4) is 0 Å². The number of hydrogen-bond donors (Lipinski definition) is 1. The number of anilines is 1. The van der Waals surface area contributed by atoms with Crippen LogP contribution in [0.1, 0.15) is 15.9 Å². The average Bonchev–Trinajstić information content (AvgIpc) is 2.33. The third-order valence-electron chi connectivity index (χ3n) is 2.45. The van der Waals surface area contributed by atoms with Crippen LogP contribution in [0.15, 0.2) is 36.7 Å². The SMILES string of the molecule is Cc1cc(Cl)ccc1NC(=O)c1ccncc1F. The van der Waals surface area contributed by atoms with Crippen molar-refractivity contribution >= 4 is 23.2 Å². The Hall–Kier alpha value is -1.94. The highest BCUT2D eigenvalue weighted by molar-refractivity contribution is 6.30. The van der Waals surface area contributed by atoms with Gasteiger partial charge in [0.1, 0.15) is 0 Å². The summed E-state index contributed by atoms with van der Waals surface area (Å²) in [6.07, 6.45) is 2.37. The number of aromatic nitrogens is 1. The minimum Gasteiger partial charge on any atom is -0.322 e. The molecule has 0 atom stereocenters. The minimum absolute atomic E-state index is 0.0423. The van der Waals surface area contributed by atoms with Crippen LogP contribution in [-0.4, -0.2) is 10.9 Å². The van der Waals surface area contributed by atoms with Gasteiger partial charge in [0.15, 0.2) is 5.82 Å². The number of nitrogens with zero attached hydrogens (tertiary/aromatic N) is 1. The van der Waals surface area contributed by atoms with Gasteiger partial charge in [-0.2, -0.15) is 0 Å². The van der Waals surface area contributed by atoms with Crippen LogP contribution < -0.4 is 5.32 Å². The molecule has 1 amide bonds.